The predicted octanol–water partition coefficient (Wildman–Crippen LogP) is 3.05. The maximum atomic E-state index is 5.91. The standard InChI is InChI=1S/C11H16ClN3S/c1-7-8(2)10(15-14-9(7)12)13-6-11(16-3)4-5-11/h4-6H2,1-3H3,(H,13,15). The maximum Gasteiger partial charge on any atom is 0.155 e. The molecule has 0 spiro atoms. The van der Waals surface area contributed by atoms with Gasteiger partial charge in [0, 0.05) is 11.3 Å². The Balaban J connectivity index is 2.07. The molecule has 0 atom stereocenters. The molecule has 1 fully saturated rings. The normalized spacial score (nSPS) is 17.2. The number of thioether (sulfide) groups is 1. The van der Waals surface area contributed by atoms with Crippen LogP contribution in [-0.4, -0.2) is 27.7 Å². The van der Waals surface area contributed by atoms with Crippen molar-refractivity contribution in [3.63, 3.8) is 0 Å². The number of nitrogens with zero attached hydrogens (tertiary/aromatic N) is 2. The molecule has 0 amide bonds. The summed E-state index contributed by atoms with van der Waals surface area (Å²) < 4.78 is 0.432. The quantitative estimate of drug-likeness (QED) is 0.900. The monoisotopic (exact) mass is 257 g/mol. The first-order chi connectivity index (χ1) is 7.58. The molecule has 1 heterocycles. The molecule has 0 aromatic carbocycles. The molecule has 88 valence electrons. The SMILES string of the molecule is CSC1(CNc2nnc(Cl)c(C)c2C)CC1. The van der Waals surface area contributed by atoms with Crippen LogP contribution in [0.2, 0.25) is 5.15 Å². The number of rotatable bonds is 4. The first-order valence-electron chi connectivity index (χ1n) is 5.36. The van der Waals surface area contributed by atoms with Crippen LogP contribution in [-0.2, 0) is 0 Å². The molecule has 5 heteroatoms. The topological polar surface area (TPSA) is 37.8 Å². The highest BCUT2D eigenvalue weighted by Gasteiger charge is 2.41. The molecular formula is C11H16ClN3S. The van der Waals surface area contributed by atoms with E-state index in [2.05, 4.69) is 21.8 Å². The summed E-state index contributed by atoms with van der Waals surface area (Å²) in [7, 11) is 0. The fourth-order valence-corrected chi connectivity index (χ4v) is 2.49. The first kappa shape index (κ1) is 12.0. The molecule has 0 aliphatic heterocycles. The lowest BCUT2D eigenvalue weighted by atomic mass is 10.2. The van der Waals surface area contributed by atoms with Gasteiger partial charge in [-0.25, -0.2) is 0 Å². The van der Waals surface area contributed by atoms with E-state index in [-0.39, 0.29) is 0 Å². The molecule has 0 radical (unpaired) electrons. The highest BCUT2D eigenvalue weighted by Crippen LogP contribution is 2.47. The Morgan fingerprint density at radius 3 is 2.56 bits per heavy atom. The molecule has 0 bridgehead atoms. The van der Waals surface area contributed by atoms with Crippen molar-refractivity contribution >= 4 is 29.2 Å². The summed E-state index contributed by atoms with van der Waals surface area (Å²) in [4.78, 5) is 0. The van der Waals surface area contributed by atoms with E-state index in [0.717, 1.165) is 23.5 Å². The van der Waals surface area contributed by atoms with Crippen LogP contribution in [0.25, 0.3) is 0 Å². The molecule has 1 N–H and O–H groups in total. The summed E-state index contributed by atoms with van der Waals surface area (Å²) in [5, 5.41) is 11.9. The summed E-state index contributed by atoms with van der Waals surface area (Å²) in [5.41, 5.74) is 2.10. The van der Waals surface area contributed by atoms with Crippen LogP contribution in [0.15, 0.2) is 0 Å². The van der Waals surface area contributed by atoms with Crippen molar-refractivity contribution < 1.29 is 0 Å². The maximum absolute atomic E-state index is 5.91. The van der Waals surface area contributed by atoms with Crippen LogP contribution in [0.5, 0.6) is 0 Å². The summed E-state index contributed by atoms with van der Waals surface area (Å²) >= 11 is 7.84. The molecule has 16 heavy (non-hydrogen) atoms. The molecule has 1 aromatic rings. The Morgan fingerprint density at radius 1 is 1.31 bits per heavy atom. The van der Waals surface area contributed by atoms with E-state index in [1.54, 1.807) is 0 Å². The number of halogens is 1. The van der Waals surface area contributed by atoms with Crippen LogP contribution < -0.4 is 5.32 Å². The first-order valence-corrected chi connectivity index (χ1v) is 6.97. The van der Waals surface area contributed by atoms with Gasteiger partial charge in [0.1, 0.15) is 0 Å². The summed E-state index contributed by atoms with van der Waals surface area (Å²) in [5.74, 6) is 0.863. The highest BCUT2D eigenvalue weighted by atomic mass is 35.5. The van der Waals surface area contributed by atoms with Gasteiger partial charge in [-0.05, 0) is 44.1 Å². The largest absolute Gasteiger partial charge is 0.367 e. The zero-order valence-electron chi connectivity index (χ0n) is 9.80. The van der Waals surface area contributed by atoms with E-state index < -0.39 is 0 Å². The van der Waals surface area contributed by atoms with Gasteiger partial charge in [-0.2, -0.15) is 11.8 Å². The van der Waals surface area contributed by atoms with Crippen molar-refractivity contribution in [2.45, 2.75) is 31.4 Å². The van der Waals surface area contributed by atoms with Crippen LogP contribution in [0.4, 0.5) is 5.82 Å². The second-order valence-corrected chi connectivity index (χ2v) is 5.96. The van der Waals surface area contributed by atoms with E-state index in [1.807, 2.05) is 25.6 Å². The van der Waals surface area contributed by atoms with Crippen molar-refractivity contribution in [3.8, 4) is 0 Å². The third-order valence-corrected chi connectivity index (χ3v) is 5.06. The van der Waals surface area contributed by atoms with Gasteiger partial charge in [0.05, 0.1) is 0 Å². The third kappa shape index (κ3) is 2.28. The number of hydrogen-bond acceptors (Lipinski definition) is 4. The molecule has 2 rings (SSSR count). The minimum atomic E-state index is 0.432. The molecule has 1 saturated carbocycles. The van der Waals surface area contributed by atoms with Gasteiger partial charge < -0.3 is 5.32 Å². The van der Waals surface area contributed by atoms with Crippen LogP contribution in [0.1, 0.15) is 24.0 Å². The molecule has 1 aromatic heterocycles. The van der Waals surface area contributed by atoms with Crippen molar-refractivity contribution in [1.29, 1.82) is 0 Å². The van der Waals surface area contributed by atoms with Crippen LogP contribution in [0, 0.1) is 13.8 Å². The van der Waals surface area contributed by atoms with Gasteiger partial charge in [-0.1, -0.05) is 11.6 Å². The Kier molecular flexibility index (Phi) is 3.31. The van der Waals surface area contributed by atoms with Crippen molar-refractivity contribution in [2.24, 2.45) is 0 Å². The number of anilines is 1. The molecule has 3 nitrogen and oxygen atoms in total. The third-order valence-electron chi connectivity index (χ3n) is 3.28. The zero-order chi connectivity index (χ0) is 11.8. The molecule has 1 aliphatic carbocycles. The zero-order valence-corrected chi connectivity index (χ0v) is 11.4. The Hall–Kier alpha value is -0.480. The van der Waals surface area contributed by atoms with E-state index >= 15 is 0 Å². The van der Waals surface area contributed by atoms with Crippen molar-refractivity contribution in [1.82, 2.24) is 10.2 Å². The van der Waals surface area contributed by atoms with E-state index in [0.29, 0.717) is 9.90 Å². The smallest absolute Gasteiger partial charge is 0.155 e. The molecular weight excluding hydrogens is 242 g/mol. The molecule has 0 unspecified atom stereocenters. The average molecular weight is 258 g/mol. The Morgan fingerprint density at radius 2 is 2.00 bits per heavy atom. The van der Waals surface area contributed by atoms with Crippen molar-refractivity contribution in [3.05, 3.63) is 16.3 Å². The van der Waals surface area contributed by atoms with Gasteiger partial charge in [-0.3, -0.25) is 0 Å². The molecule has 1 aliphatic rings. The van der Waals surface area contributed by atoms with Gasteiger partial charge >= 0.3 is 0 Å². The summed E-state index contributed by atoms with van der Waals surface area (Å²) in [6.45, 7) is 4.96. The second-order valence-electron chi connectivity index (χ2n) is 4.33. The second kappa shape index (κ2) is 4.41. The summed E-state index contributed by atoms with van der Waals surface area (Å²) in [6, 6.07) is 0. The lowest BCUT2D eigenvalue weighted by molar-refractivity contribution is 0.911. The molecule has 0 saturated heterocycles. The lowest BCUT2D eigenvalue weighted by Gasteiger charge is -2.15. The minimum absolute atomic E-state index is 0.432. The Bertz CT molecular complexity index is 404. The highest BCUT2D eigenvalue weighted by molar-refractivity contribution is 8.00. The van der Waals surface area contributed by atoms with E-state index in [4.69, 9.17) is 11.6 Å². The lowest BCUT2D eigenvalue weighted by Crippen LogP contribution is -2.19. The fourth-order valence-electron chi connectivity index (χ4n) is 1.58. The summed E-state index contributed by atoms with van der Waals surface area (Å²) in [6.07, 6.45) is 4.75. The average Bonchev–Trinajstić information content (AvgIpc) is 3.06. The van der Waals surface area contributed by atoms with Gasteiger partial charge in [0.25, 0.3) is 0 Å². The number of aromatic nitrogens is 2. The van der Waals surface area contributed by atoms with Crippen LogP contribution >= 0.6 is 23.4 Å². The number of hydrogen-bond donors (Lipinski definition) is 1. The Labute approximate surface area is 105 Å². The minimum Gasteiger partial charge on any atom is -0.367 e. The van der Waals surface area contributed by atoms with Gasteiger partial charge in [0.2, 0.25) is 0 Å². The predicted molar refractivity (Wildman–Crippen MR) is 70.5 cm³/mol. The van der Waals surface area contributed by atoms with E-state index in [1.165, 1.54) is 12.8 Å². The van der Waals surface area contributed by atoms with Crippen molar-refractivity contribution in [2.75, 3.05) is 18.1 Å². The van der Waals surface area contributed by atoms with Crippen LogP contribution in [0.3, 0.4) is 0 Å². The number of nitrogens with one attached hydrogen (secondary N) is 1. The fraction of sp³-hybridized carbons (Fsp3) is 0.636. The van der Waals surface area contributed by atoms with Gasteiger partial charge in [0.15, 0.2) is 11.0 Å². The van der Waals surface area contributed by atoms with Gasteiger partial charge in [-0.15, -0.1) is 10.2 Å². The van der Waals surface area contributed by atoms with E-state index in [9.17, 15) is 0 Å².